The molecule has 4 rings (SSSR count). The van der Waals surface area contributed by atoms with Gasteiger partial charge < -0.3 is 19.9 Å². The van der Waals surface area contributed by atoms with E-state index in [4.69, 9.17) is 9.47 Å². The number of rotatable bonds is 8. The minimum atomic E-state index is -1.19. The van der Waals surface area contributed by atoms with Crippen LogP contribution in [0.3, 0.4) is 0 Å². The molecule has 1 aliphatic rings. The van der Waals surface area contributed by atoms with E-state index in [0.29, 0.717) is 29.3 Å². The van der Waals surface area contributed by atoms with Crippen molar-refractivity contribution < 1.29 is 24.2 Å². The Morgan fingerprint density at radius 3 is 2.62 bits per heavy atom. The van der Waals surface area contributed by atoms with Gasteiger partial charge in [0.25, 0.3) is 5.91 Å². The predicted molar refractivity (Wildman–Crippen MR) is 130 cm³/mol. The topological polar surface area (TPSA) is 97.8 Å². The second-order valence-electron chi connectivity index (χ2n) is 8.56. The summed E-state index contributed by atoms with van der Waals surface area (Å²) >= 11 is 1.36. The molecule has 8 heteroatoms. The minimum Gasteiger partial charge on any atom is -0.496 e. The SMILES string of the molecule is COc1ccc(CC2(C(=O)O)CCCO2)cc1CNC(=O)c1sc(-c2ccc(C)cc2)nc1C. The summed E-state index contributed by atoms with van der Waals surface area (Å²) in [5.41, 5.74) is 3.23. The molecule has 1 amide bonds. The molecule has 1 aromatic heterocycles. The van der Waals surface area contributed by atoms with E-state index in [-0.39, 0.29) is 18.9 Å². The van der Waals surface area contributed by atoms with Crippen molar-refractivity contribution in [1.82, 2.24) is 10.3 Å². The van der Waals surface area contributed by atoms with E-state index in [1.165, 1.54) is 16.9 Å². The third-order valence-corrected chi connectivity index (χ3v) is 7.27. The third kappa shape index (κ3) is 4.98. The number of carboxylic acid groups (broad SMARTS) is 1. The Hall–Kier alpha value is -3.23. The molecule has 1 aliphatic heterocycles. The van der Waals surface area contributed by atoms with Crippen molar-refractivity contribution in [2.45, 2.75) is 45.3 Å². The lowest BCUT2D eigenvalue weighted by atomic mass is 9.91. The van der Waals surface area contributed by atoms with Crippen LogP contribution in [-0.4, -0.2) is 41.3 Å². The smallest absolute Gasteiger partial charge is 0.336 e. The highest BCUT2D eigenvalue weighted by atomic mass is 32.1. The normalized spacial score (nSPS) is 17.5. The summed E-state index contributed by atoms with van der Waals surface area (Å²) < 4.78 is 11.1. The number of benzene rings is 2. The van der Waals surface area contributed by atoms with Gasteiger partial charge in [0.15, 0.2) is 5.60 Å². The Bertz CT molecular complexity index is 1200. The molecule has 1 unspecified atom stereocenters. The number of carboxylic acids is 1. The zero-order valence-electron chi connectivity index (χ0n) is 19.5. The van der Waals surface area contributed by atoms with Crippen molar-refractivity contribution in [3.63, 3.8) is 0 Å². The number of hydrogen-bond acceptors (Lipinski definition) is 6. The summed E-state index contributed by atoms with van der Waals surface area (Å²) in [4.78, 5) is 30.0. The number of carbonyl (C=O) groups excluding carboxylic acids is 1. The molecule has 34 heavy (non-hydrogen) atoms. The number of aromatic nitrogens is 1. The van der Waals surface area contributed by atoms with Crippen LogP contribution in [0.4, 0.5) is 0 Å². The average molecular weight is 481 g/mol. The predicted octanol–water partition coefficient (Wildman–Crippen LogP) is 4.54. The standard InChI is InChI=1S/C26H28N2O5S/c1-16-5-8-19(9-6-16)24-28-17(2)22(34-24)23(29)27-15-20-13-18(7-10-21(20)32-3)14-26(25(30)31)11-4-12-33-26/h5-10,13H,4,11-12,14-15H2,1-3H3,(H,27,29)(H,30,31). The van der Waals surface area contributed by atoms with Crippen LogP contribution in [0.25, 0.3) is 10.6 Å². The number of thiazole rings is 1. The number of nitrogens with one attached hydrogen (secondary N) is 1. The lowest BCUT2D eigenvalue weighted by Crippen LogP contribution is -2.40. The van der Waals surface area contributed by atoms with E-state index in [2.05, 4.69) is 10.3 Å². The largest absolute Gasteiger partial charge is 0.496 e. The monoisotopic (exact) mass is 480 g/mol. The van der Waals surface area contributed by atoms with Gasteiger partial charge in [-0.15, -0.1) is 11.3 Å². The van der Waals surface area contributed by atoms with E-state index in [1.807, 2.05) is 50.2 Å². The van der Waals surface area contributed by atoms with Gasteiger partial charge in [-0.3, -0.25) is 4.79 Å². The van der Waals surface area contributed by atoms with Crippen molar-refractivity contribution in [2.75, 3.05) is 13.7 Å². The second kappa shape index (κ2) is 9.95. The van der Waals surface area contributed by atoms with Crippen molar-refractivity contribution in [1.29, 1.82) is 0 Å². The van der Waals surface area contributed by atoms with Crippen LogP contribution >= 0.6 is 11.3 Å². The molecular formula is C26H28N2O5S. The second-order valence-corrected chi connectivity index (χ2v) is 9.56. The van der Waals surface area contributed by atoms with Gasteiger partial charge in [-0.2, -0.15) is 0 Å². The van der Waals surface area contributed by atoms with E-state index < -0.39 is 11.6 Å². The first kappa shape index (κ1) is 23.9. The van der Waals surface area contributed by atoms with Gasteiger partial charge >= 0.3 is 5.97 Å². The van der Waals surface area contributed by atoms with Crippen LogP contribution in [0, 0.1) is 13.8 Å². The summed E-state index contributed by atoms with van der Waals surface area (Å²) in [5.74, 6) is -0.523. The maximum absolute atomic E-state index is 13.0. The first-order valence-electron chi connectivity index (χ1n) is 11.2. The number of ether oxygens (including phenoxy) is 2. The zero-order chi connectivity index (χ0) is 24.3. The highest BCUT2D eigenvalue weighted by Crippen LogP contribution is 2.32. The van der Waals surface area contributed by atoms with Crippen LogP contribution in [0.2, 0.25) is 0 Å². The first-order valence-corrected chi connectivity index (χ1v) is 12.0. The molecule has 178 valence electrons. The van der Waals surface area contributed by atoms with Gasteiger partial charge in [-0.1, -0.05) is 42.0 Å². The van der Waals surface area contributed by atoms with Gasteiger partial charge in [0.1, 0.15) is 15.6 Å². The fourth-order valence-corrected chi connectivity index (χ4v) is 5.16. The van der Waals surface area contributed by atoms with Crippen LogP contribution in [-0.2, 0) is 22.5 Å². The Morgan fingerprint density at radius 1 is 1.21 bits per heavy atom. The molecule has 0 spiro atoms. The molecular weight excluding hydrogens is 452 g/mol. The van der Waals surface area contributed by atoms with E-state index >= 15 is 0 Å². The molecule has 1 atom stereocenters. The average Bonchev–Trinajstić information content (AvgIpc) is 3.46. The molecule has 1 saturated heterocycles. The molecule has 3 aromatic rings. The van der Waals surface area contributed by atoms with Crippen LogP contribution in [0.1, 0.15) is 44.9 Å². The van der Waals surface area contributed by atoms with Crippen molar-refractivity contribution in [3.05, 3.63) is 69.7 Å². The molecule has 0 radical (unpaired) electrons. The van der Waals surface area contributed by atoms with Crippen LogP contribution < -0.4 is 10.1 Å². The summed E-state index contributed by atoms with van der Waals surface area (Å²) in [6.07, 6.45) is 1.47. The number of amides is 1. The maximum Gasteiger partial charge on any atom is 0.336 e. The van der Waals surface area contributed by atoms with E-state index in [9.17, 15) is 14.7 Å². The quantitative estimate of drug-likeness (QED) is 0.491. The Balaban J connectivity index is 1.49. The van der Waals surface area contributed by atoms with Crippen molar-refractivity contribution in [2.24, 2.45) is 0 Å². The molecule has 2 heterocycles. The Labute approximate surface area is 202 Å². The first-order chi connectivity index (χ1) is 16.3. The minimum absolute atomic E-state index is 0.207. The lowest BCUT2D eigenvalue weighted by molar-refractivity contribution is -0.159. The van der Waals surface area contributed by atoms with Gasteiger partial charge in [-0.25, -0.2) is 9.78 Å². The number of aliphatic carboxylic acids is 1. The molecule has 1 fully saturated rings. The summed E-state index contributed by atoms with van der Waals surface area (Å²) in [7, 11) is 1.57. The van der Waals surface area contributed by atoms with Crippen LogP contribution in [0.5, 0.6) is 5.75 Å². The maximum atomic E-state index is 13.0. The molecule has 0 bridgehead atoms. The van der Waals surface area contributed by atoms with Gasteiger partial charge in [0.2, 0.25) is 0 Å². The number of methoxy groups -OCH3 is 1. The summed E-state index contributed by atoms with van der Waals surface area (Å²) in [6.45, 7) is 4.55. The van der Waals surface area contributed by atoms with Gasteiger partial charge in [0.05, 0.1) is 12.8 Å². The molecule has 2 aromatic carbocycles. The number of carbonyl (C=O) groups is 2. The highest BCUT2D eigenvalue weighted by Gasteiger charge is 2.43. The number of hydrogen-bond donors (Lipinski definition) is 2. The van der Waals surface area contributed by atoms with Crippen molar-refractivity contribution >= 4 is 23.2 Å². The van der Waals surface area contributed by atoms with Crippen molar-refractivity contribution in [3.8, 4) is 16.3 Å². The molecule has 0 saturated carbocycles. The molecule has 0 aliphatic carbocycles. The van der Waals surface area contributed by atoms with Gasteiger partial charge in [0, 0.05) is 30.7 Å². The molecule has 7 nitrogen and oxygen atoms in total. The zero-order valence-corrected chi connectivity index (χ0v) is 20.3. The molecule has 2 N–H and O–H groups in total. The Kier molecular flexibility index (Phi) is 7.00. The van der Waals surface area contributed by atoms with E-state index in [1.54, 1.807) is 13.2 Å². The fourth-order valence-electron chi connectivity index (χ4n) is 4.17. The third-order valence-electron chi connectivity index (χ3n) is 6.07. The Morgan fingerprint density at radius 2 is 1.97 bits per heavy atom. The summed E-state index contributed by atoms with van der Waals surface area (Å²) in [6, 6.07) is 13.6. The number of aryl methyl sites for hydroxylation is 2. The fraction of sp³-hybridized carbons (Fsp3) is 0.346. The van der Waals surface area contributed by atoms with Crippen LogP contribution in [0.15, 0.2) is 42.5 Å². The van der Waals surface area contributed by atoms with Gasteiger partial charge in [-0.05, 0) is 38.3 Å². The van der Waals surface area contributed by atoms with E-state index in [0.717, 1.165) is 28.1 Å². The highest BCUT2D eigenvalue weighted by molar-refractivity contribution is 7.17. The summed E-state index contributed by atoms with van der Waals surface area (Å²) in [5, 5.41) is 13.5. The number of nitrogens with zero attached hydrogens (tertiary/aromatic N) is 1. The lowest BCUT2D eigenvalue weighted by Gasteiger charge is -2.24.